The Balaban J connectivity index is 0.972. The molecule has 6 aliphatic rings. The number of nitrogens with zero attached hydrogens (tertiary/aromatic N) is 2. The first-order valence-electron chi connectivity index (χ1n) is 48.3. The van der Waals surface area contributed by atoms with Gasteiger partial charge in [-0.25, -0.2) is 0 Å². The second-order valence-corrected chi connectivity index (χ2v) is 37.7. The molecule has 1 unspecified atom stereocenters. The van der Waals surface area contributed by atoms with Crippen LogP contribution in [-0.4, -0.2) is 0 Å². The molecule has 0 saturated carbocycles. The van der Waals surface area contributed by atoms with E-state index in [2.05, 4.69) is 288 Å². The molecule has 0 aliphatic heterocycles. The molecule has 0 aromatic heterocycles. The van der Waals surface area contributed by atoms with Crippen molar-refractivity contribution in [3.05, 3.63) is 320 Å². The second-order valence-electron chi connectivity index (χ2n) is 37.7. The Morgan fingerprint density at radius 3 is 0.925 bits per heavy atom. The summed E-state index contributed by atoms with van der Waals surface area (Å²) in [5, 5.41) is 7.87. The molecule has 0 bridgehead atoms. The van der Waals surface area contributed by atoms with Crippen LogP contribution in [0.3, 0.4) is 0 Å². The van der Waals surface area contributed by atoms with Crippen LogP contribution < -0.4 is 9.80 Å². The second kappa shape index (κ2) is 35.0. The first-order chi connectivity index (χ1) is 59.2. The van der Waals surface area contributed by atoms with Crippen LogP contribution in [0.5, 0.6) is 0 Å². The van der Waals surface area contributed by atoms with Crippen molar-refractivity contribution < 1.29 is 0 Å². The Hall–Kier alpha value is -9.76. The monoisotopic (exact) mass is 1580 g/mol. The van der Waals surface area contributed by atoms with E-state index in [0.29, 0.717) is 0 Å². The summed E-state index contributed by atoms with van der Waals surface area (Å²) in [5.41, 5.74) is 39.8. The SMILES string of the molecule is CCCCCCC1(CCCCCC)c2cc(C(c3ccc4c(c3)CC4)c3cccc4ccccc34)ccc2-c2c1c1c(c3c2C(CCCCCC)(CCCCCC)c2cc(N(c4ccc5c(c4)CC5)c4cccc5ccccc45)ccc2-3)C(CCCCCC)(CCCCCC)c2cc(N(c3ccc4c(c3)CC4)c3cccc4ccccc34)ccc2-1. The van der Waals surface area contributed by atoms with Gasteiger partial charge in [-0.3, -0.25) is 0 Å². The van der Waals surface area contributed by atoms with Gasteiger partial charge in [-0.05, 0) is 276 Å². The number of rotatable bonds is 39. The molecule has 120 heavy (non-hydrogen) atoms. The van der Waals surface area contributed by atoms with Crippen molar-refractivity contribution in [2.24, 2.45) is 0 Å². The largest absolute Gasteiger partial charge is 0.310 e. The van der Waals surface area contributed by atoms with Crippen LogP contribution in [0.4, 0.5) is 34.1 Å². The van der Waals surface area contributed by atoms with Crippen molar-refractivity contribution in [2.75, 3.05) is 9.80 Å². The Morgan fingerprint density at radius 1 is 0.250 bits per heavy atom. The van der Waals surface area contributed by atoms with E-state index in [1.165, 1.54) is 283 Å². The number of fused-ring (bicyclic) bond motifs is 18. The molecule has 0 spiro atoms. The molecule has 0 radical (unpaired) electrons. The molecule has 19 rings (SSSR count). The number of anilines is 6. The van der Waals surface area contributed by atoms with E-state index >= 15 is 0 Å². The number of hydrogen-bond donors (Lipinski definition) is 0. The zero-order valence-electron chi connectivity index (χ0n) is 73.4. The van der Waals surface area contributed by atoms with Crippen molar-refractivity contribution in [3.8, 4) is 33.4 Å². The average molecular weight is 1580 g/mol. The zero-order chi connectivity index (χ0) is 81.3. The molecule has 2 nitrogen and oxygen atoms in total. The van der Waals surface area contributed by atoms with Crippen molar-refractivity contribution in [1.29, 1.82) is 0 Å². The van der Waals surface area contributed by atoms with Crippen LogP contribution in [0.2, 0.25) is 0 Å². The van der Waals surface area contributed by atoms with Crippen LogP contribution in [0.1, 0.15) is 324 Å². The van der Waals surface area contributed by atoms with Gasteiger partial charge in [0.1, 0.15) is 0 Å². The first kappa shape index (κ1) is 80.0. The molecule has 0 saturated heterocycles. The summed E-state index contributed by atoms with van der Waals surface area (Å²) in [6, 6.07) is 97.1. The van der Waals surface area contributed by atoms with E-state index in [-0.39, 0.29) is 22.2 Å². The van der Waals surface area contributed by atoms with Crippen molar-refractivity contribution in [2.45, 2.75) is 295 Å². The van der Waals surface area contributed by atoms with Crippen molar-refractivity contribution >= 4 is 66.4 Å². The fourth-order valence-corrected chi connectivity index (χ4v) is 24.1. The summed E-state index contributed by atoms with van der Waals surface area (Å²) in [4.78, 5) is 5.45. The van der Waals surface area contributed by atoms with Crippen LogP contribution in [-0.2, 0) is 54.8 Å². The third kappa shape index (κ3) is 14.2. The van der Waals surface area contributed by atoms with E-state index in [0.717, 1.165) is 70.6 Å². The molecule has 0 heterocycles. The highest BCUT2D eigenvalue weighted by molar-refractivity contribution is 6.08. The fourth-order valence-electron chi connectivity index (χ4n) is 24.1. The van der Waals surface area contributed by atoms with Crippen LogP contribution in [0.15, 0.2) is 237 Å². The minimum atomic E-state index is -0.312. The lowest BCUT2D eigenvalue weighted by molar-refractivity contribution is 0.389. The highest BCUT2D eigenvalue weighted by Crippen LogP contribution is 2.73. The molecule has 2 heteroatoms. The minimum Gasteiger partial charge on any atom is -0.310 e. The van der Waals surface area contributed by atoms with E-state index in [4.69, 9.17) is 0 Å². The van der Waals surface area contributed by atoms with Crippen LogP contribution in [0, 0.1) is 0 Å². The van der Waals surface area contributed by atoms with E-state index in [1.807, 2.05) is 0 Å². The Kier molecular flexibility index (Phi) is 23.3. The molecule has 0 N–H and O–H groups in total. The molecule has 13 aromatic rings. The molecule has 612 valence electrons. The van der Waals surface area contributed by atoms with Crippen LogP contribution in [0.25, 0.3) is 65.7 Å². The van der Waals surface area contributed by atoms with Crippen molar-refractivity contribution in [3.63, 3.8) is 0 Å². The van der Waals surface area contributed by atoms with Gasteiger partial charge in [0.2, 0.25) is 0 Å². The van der Waals surface area contributed by atoms with Gasteiger partial charge in [-0.15, -0.1) is 0 Å². The Morgan fingerprint density at radius 2 is 0.550 bits per heavy atom. The summed E-state index contributed by atoms with van der Waals surface area (Å²) in [6.07, 6.45) is 43.2. The fraction of sp³-hybridized carbons (Fsp3) is 0.390. The highest BCUT2D eigenvalue weighted by atomic mass is 15.2. The summed E-state index contributed by atoms with van der Waals surface area (Å²) in [5.74, 6) is 0.0409. The quantitative estimate of drug-likeness (QED) is 0.0280. The third-order valence-corrected chi connectivity index (χ3v) is 30.5. The summed E-state index contributed by atoms with van der Waals surface area (Å²) >= 11 is 0. The van der Waals surface area contributed by atoms with Gasteiger partial charge >= 0.3 is 0 Å². The molecule has 6 aliphatic carbocycles. The van der Waals surface area contributed by atoms with E-state index < -0.39 is 0 Å². The zero-order valence-corrected chi connectivity index (χ0v) is 73.4. The molecule has 13 aromatic carbocycles. The lowest BCUT2D eigenvalue weighted by Crippen LogP contribution is -2.31. The van der Waals surface area contributed by atoms with Gasteiger partial charge in [0.15, 0.2) is 0 Å². The standard InChI is InChI=1S/C118H130N2/c1-7-13-19-31-70-116(71-32-20-14-8-2)104-79-92(109(91-59-55-82-52-56-88(82)76-91)100-49-37-43-85-40-25-28-46-97(85)100)62-67-101(104)110-113(116)111-102-68-65-95(119(93-63-60-83-53-57-89(83)77-93)107-50-38-44-86-41-26-29-47-98(86)107)80-105(102)118(74-35-23-17-11-5,75-36-24-18-12-6)115(111)112-103-69-66-96(81-106(103)117(114(110)112,72-33-21-15-9-3)73-34-22-16-10-4)120(94-64-61-84-54-58-90(84)78-94)108-51-39-45-87-42-27-30-48-99(87)108/h25-30,37-51,55,59-69,76-81,109H,7-24,31-36,52-54,56-58,70-75H2,1-6H3. The third-order valence-electron chi connectivity index (χ3n) is 30.5. The van der Waals surface area contributed by atoms with Gasteiger partial charge in [0.25, 0.3) is 0 Å². The normalized spacial score (nSPS) is 15.1. The average Bonchev–Trinajstić information content (AvgIpc) is 1.48. The van der Waals surface area contributed by atoms with E-state index in [9.17, 15) is 0 Å². The topological polar surface area (TPSA) is 6.48 Å². The molecular formula is C118H130N2. The number of benzene rings is 13. The van der Waals surface area contributed by atoms with E-state index in [1.54, 1.807) is 61.2 Å². The van der Waals surface area contributed by atoms with Gasteiger partial charge in [0, 0.05) is 55.7 Å². The molecule has 0 amide bonds. The van der Waals surface area contributed by atoms with Crippen molar-refractivity contribution in [1.82, 2.24) is 0 Å². The lowest BCUT2D eigenvalue weighted by Gasteiger charge is -2.40. The number of unbranched alkanes of at least 4 members (excludes halogenated alkanes) is 18. The maximum atomic E-state index is 2.94. The summed E-state index contributed by atoms with van der Waals surface area (Å²) < 4.78 is 0. The molecule has 1 atom stereocenters. The van der Waals surface area contributed by atoms with Gasteiger partial charge in [-0.1, -0.05) is 372 Å². The van der Waals surface area contributed by atoms with Gasteiger partial charge in [-0.2, -0.15) is 0 Å². The van der Waals surface area contributed by atoms with Gasteiger partial charge < -0.3 is 9.80 Å². The van der Waals surface area contributed by atoms with Crippen LogP contribution >= 0.6 is 0 Å². The Labute approximate surface area is 719 Å². The highest BCUT2D eigenvalue weighted by Gasteiger charge is 2.58. The number of hydrogen-bond acceptors (Lipinski definition) is 2. The molecular weight excluding hydrogens is 1450 g/mol. The predicted octanol–water partition coefficient (Wildman–Crippen LogP) is 34.2. The maximum absolute atomic E-state index is 2.94. The molecule has 0 fully saturated rings. The predicted molar refractivity (Wildman–Crippen MR) is 516 cm³/mol. The lowest BCUT2D eigenvalue weighted by atomic mass is 9.63. The van der Waals surface area contributed by atoms with Gasteiger partial charge in [0.05, 0.1) is 11.4 Å². The smallest absolute Gasteiger partial charge is 0.0540 e. The Bertz CT molecular complexity index is 5270. The number of aryl methyl sites for hydroxylation is 6. The minimum absolute atomic E-state index is 0.0409. The summed E-state index contributed by atoms with van der Waals surface area (Å²) in [6.45, 7) is 14.7. The summed E-state index contributed by atoms with van der Waals surface area (Å²) in [7, 11) is 0. The first-order valence-corrected chi connectivity index (χ1v) is 48.3. The maximum Gasteiger partial charge on any atom is 0.0540 e.